The molecule has 4 nitrogen and oxygen atoms in total. The SMILES string of the molecule is CCCCCCCCCC/C=C(\CC)OP(=O)(O/C(=C/CCCCCCCCCC)CC)O/C(=C/CCCCCCCCCC)CC. The monoisotopic (exact) mass is 681 g/mol. The molecule has 0 aromatic rings. The lowest BCUT2D eigenvalue weighted by atomic mass is 10.1. The van der Waals surface area contributed by atoms with E-state index in [9.17, 15) is 4.57 Å². The number of hydrogen-bond acceptors (Lipinski definition) is 4. The first-order chi connectivity index (χ1) is 23.0. The van der Waals surface area contributed by atoms with E-state index in [2.05, 4.69) is 59.8 Å². The third kappa shape index (κ3) is 29.5. The average molecular weight is 681 g/mol. The van der Waals surface area contributed by atoms with E-state index in [0.717, 1.165) is 38.5 Å². The molecule has 0 amide bonds. The number of hydrogen-bond donors (Lipinski definition) is 0. The van der Waals surface area contributed by atoms with E-state index >= 15 is 0 Å². The summed E-state index contributed by atoms with van der Waals surface area (Å²) >= 11 is 0. The zero-order valence-electron chi connectivity index (χ0n) is 32.5. The van der Waals surface area contributed by atoms with Gasteiger partial charge in [-0.2, -0.15) is 4.57 Å². The van der Waals surface area contributed by atoms with Crippen LogP contribution < -0.4 is 0 Å². The molecule has 5 heteroatoms. The Labute approximate surface area is 295 Å². The summed E-state index contributed by atoms with van der Waals surface area (Å²) in [4.78, 5) is 0. The molecule has 0 fully saturated rings. The number of unbranched alkanes of at least 4 members (excludes halogenated alkanes) is 24. The van der Waals surface area contributed by atoms with Gasteiger partial charge in [0.1, 0.15) is 17.3 Å². The van der Waals surface area contributed by atoms with Crippen molar-refractivity contribution in [3.05, 3.63) is 35.5 Å². The van der Waals surface area contributed by atoms with E-state index in [4.69, 9.17) is 13.6 Å². The maximum absolute atomic E-state index is 14.3. The number of allylic oxidation sites excluding steroid dienone is 6. The van der Waals surface area contributed by atoms with E-state index in [0.29, 0.717) is 36.5 Å². The lowest BCUT2D eigenvalue weighted by molar-refractivity contribution is 0.184. The minimum atomic E-state index is -3.87. The topological polar surface area (TPSA) is 44.8 Å². The summed E-state index contributed by atoms with van der Waals surface area (Å²) in [5.41, 5.74) is 0. The van der Waals surface area contributed by atoms with Crippen molar-refractivity contribution in [2.45, 2.75) is 234 Å². The van der Waals surface area contributed by atoms with Gasteiger partial charge in [-0.3, -0.25) is 0 Å². The first-order valence-electron chi connectivity index (χ1n) is 20.7. The van der Waals surface area contributed by atoms with Gasteiger partial charge in [-0.25, -0.2) is 0 Å². The molecular formula is C42H81O4P. The third-order valence-corrected chi connectivity index (χ3v) is 10.4. The summed E-state index contributed by atoms with van der Waals surface area (Å²) in [5.74, 6) is 2.15. The fraction of sp³-hybridized carbons (Fsp3) is 0.857. The summed E-state index contributed by atoms with van der Waals surface area (Å²) in [5, 5.41) is 0. The van der Waals surface area contributed by atoms with Crippen molar-refractivity contribution in [2.24, 2.45) is 0 Å². The zero-order valence-corrected chi connectivity index (χ0v) is 33.4. The Balaban J connectivity index is 5.25. The zero-order chi connectivity index (χ0) is 34.7. The second kappa shape index (κ2) is 34.7. The van der Waals surface area contributed by atoms with E-state index in [1.54, 1.807) is 0 Å². The molecule has 0 aliphatic heterocycles. The summed E-state index contributed by atoms with van der Waals surface area (Å²) in [7, 11) is -3.87. The highest BCUT2D eigenvalue weighted by Gasteiger charge is 2.34. The molecule has 0 unspecified atom stereocenters. The van der Waals surface area contributed by atoms with Gasteiger partial charge in [-0.15, -0.1) is 0 Å². The molecule has 0 N–H and O–H groups in total. The average Bonchev–Trinajstić information content (AvgIpc) is 3.07. The minimum Gasteiger partial charge on any atom is -0.391 e. The van der Waals surface area contributed by atoms with Crippen molar-refractivity contribution in [2.75, 3.05) is 0 Å². The highest BCUT2D eigenvalue weighted by molar-refractivity contribution is 7.48. The predicted octanol–water partition coefficient (Wildman–Crippen LogP) is 16.6. The van der Waals surface area contributed by atoms with Crippen molar-refractivity contribution in [1.82, 2.24) is 0 Å². The van der Waals surface area contributed by atoms with Gasteiger partial charge in [-0.05, 0) is 56.8 Å². The van der Waals surface area contributed by atoms with Crippen LogP contribution in [0, 0.1) is 0 Å². The van der Waals surface area contributed by atoms with Crippen molar-refractivity contribution in [3.63, 3.8) is 0 Å². The van der Waals surface area contributed by atoms with Crippen LogP contribution in [0.15, 0.2) is 35.5 Å². The van der Waals surface area contributed by atoms with E-state index in [1.807, 2.05) is 0 Å². The van der Waals surface area contributed by atoms with Gasteiger partial charge in [0.15, 0.2) is 0 Å². The normalized spacial score (nSPS) is 12.9. The van der Waals surface area contributed by atoms with Crippen LogP contribution in [-0.4, -0.2) is 0 Å². The second-order valence-corrected chi connectivity index (χ2v) is 15.0. The van der Waals surface area contributed by atoms with Gasteiger partial charge in [0, 0.05) is 19.3 Å². The molecule has 0 aliphatic carbocycles. The molecule has 0 aromatic carbocycles. The molecule has 0 saturated heterocycles. The summed E-state index contributed by atoms with van der Waals surface area (Å²) in [6, 6.07) is 0. The van der Waals surface area contributed by atoms with E-state index in [-0.39, 0.29) is 0 Å². The Morgan fingerprint density at radius 3 is 0.787 bits per heavy atom. The quantitative estimate of drug-likeness (QED) is 0.0375. The largest absolute Gasteiger partial charge is 0.646 e. The fourth-order valence-electron chi connectivity index (χ4n) is 5.85. The van der Waals surface area contributed by atoms with Crippen LogP contribution in [0.25, 0.3) is 0 Å². The second-order valence-electron chi connectivity index (χ2n) is 13.6. The van der Waals surface area contributed by atoms with Crippen molar-refractivity contribution < 1.29 is 18.1 Å². The standard InChI is InChI=1S/C42H81O4P/c1-7-13-16-19-22-25-28-31-34-37-40(10-4)44-47(43,45-41(11-5)38-35-32-29-26-23-20-17-14-8-2)46-42(12-6)39-36-33-30-27-24-21-18-15-9-3/h37-39H,7-36H2,1-6H3/b40-37+,41-38+,42-39+. The fourth-order valence-corrected chi connectivity index (χ4v) is 7.43. The molecular weight excluding hydrogens is 599 g/mol. The van der Waals surface area contributed by atoms with Crippen molar-refractivity contribution in [3.8, 4) is 0 Å². The lowest BCUT2D eigenvalue weighted by Crippen LogP contribution is -2.01. The highest BCUT2D eigenvalue weighted by atomic mass is 31.2. The molecule has 0 radical (unpaired) electrons. The molecule has 0 aliphatic rings. The van der Waals surface area contributed by atoms with Crippen LogP contribution in [0.5, 0.6) is 0 Å². The highest BCUT2D eigenvalue weighted by Crippen LogP contribution is 2.56. The maximum atomic E-state index is 14.3. The molecule has 0 bridgehead atoms. The van der Waals surface area contributed by atoms with Crippen molar-refractivity contribution >= 4 is 7.82 Å². The molecule has 278 valence electrons. The minimum absolute atomic E-state index is 0.667. The molecule has 0 heterocycles. The van der Waals surface area contributed by atoms with Gasteiger partial charge >= 0.3 is 7.82 Å². The van der Waals surface area contributed by atoms with Gasteiger partial charge < -0.3 is 13.6 Å². The van der Waals surface area contributed by atoms with Crippen LogP contribution in [0.4, 0.5) is 0 Å². The smallest absolute Gasteiger partial charge is 0.391 e. The molecule has 47 heavy (non-hydrogen) atoms. The van der Waals surface area contributed by atoms with E-state index < -0.39 is 7.82 Å². The lowest BCUT2D eigenvalue weighted by Gasteiger charge is -2.23. The molecule has 0 saturated carbocycles. The number of phosphoric ester groups is 1. The van der Waals surface area contributed by atoms with Crippen LogP contribution in [0.3, 0.4) is 0 Å². The summed E-state index contributed by atoms with van der Waals surface area (Å²) < 4.78 is 32.9. The Bertz CT molecular complexity index is 711. The Kier molecular flexibility index (Phi) is 33.9. The molecule has 0 atom stereocenters. The van der Waals surface area contributed by atoms with Gasteiger partial charge in [0.25, 0.3) is 0 Å². The van der Waals surface area contributed by atoms with Crippen LogP contribution in [0.1, 0.15) is 234 Å². The number of rotatable bonds is 36. The van der Waals surface area contributed by atoms with Crippen LogP contribution in [-0.2, 0) is 18.1 Å². The molecule has 0 aromatic heterocycles. The first-order valence-corrected chi connectivity index (χ1v) is 22.2. The van der Waals surface area contributed by atoms with E-state index in [1.165, 1.54) is 135 Å². The van der Waals surface area contributed by atoms with Gasteiger partial charge in [0.05, 0.1) is 0 Å². The Hall–Kier alpha value is -1.15. The summed E-state index contributed by atoms with van der Waals surface area (Å²) in [6.07, 6.45) is 42.2. The van der Waals surface area contributed by atoms with Crippen LogP contribution >= 0.6 is 7.82 Å². The maximum Gasteiger partial charge on any atom is 0.646 e. The Morgan fingerprint density at radius 1 is 0.362 bits per heavy atom. The van der Waals surface area contributed by atoms with Crippen LogP contribution in [0.2, 0.25) is 0 Å². The first kappa shape index (κ1) is 45.9. The molecule has 0 spiro atoms. The van der Waals surface area contributed by atoms with Gasteiger partial charge in [-0.1, -0.05) is 176 Å². The van der Waals surface area contributed by atoms with Crippen molar-refractivity contribution in [1.29, 1.82) is 0 Å². The number of phosphoric acid groups is 1. The Morgan fingerprint density at radius 2 is 0.574 bits per heavy atom. The third-order valence-electron chi connectivity index (χ3n) is 9.02. The predicted molar refractivity (Wildman–Crippen MR) is 208 cm³/mol. The van der Waals surface area contributed by atoms with Gasteiger partial charge in [0.2, 0.25) is 0 Å². The molecule has 0 rings (SSSR count). The summed E-state index contributed by atoms with van der Waals surface area (Å²) in [6.45, 7) is 13.0.